The largest absolute Gasteiger partial charge is 0.484 e. The van der Waals surface area contributed by atoms with Crippen molar-refractivity contribution in [3.8, 4) is 5.75 Å². The summed E-state index contributed by atoms with van der Waals surface area (Å²) in [6.45, 7) is 1.10. The molecular formula is C19H16N4OS. The van der Waals surface area contributed by atoms with Gasteiger partial charge >= 0.3 is 0 Å². The predicted molar refractivity (Wildman–Crippen MR) is 99.8 cm³/mol. The normalized spacial score (nSPS) is 10.7. The number of nitrogens with one attached hydrogen (secondary N) is 1. The molecule has 0 saturated heterocycles. The second kappa shape index (κ2) is 7.27. The molecule has 6 heteroatoms. The smallest absolute Gasteiger partial charge is 0.206 e. The molecule has 2 heterocycles. The van der Waals surface area contributed by atoms with E-state index in [1.165, 1.54) is 16.9 Å². The summed E-state index contributed by atoms with van der Waals surface area (Å²) in [5.41, 5.74) is 2.06. The number of anilines is 1. The van der Waals surface area contributed by atoms with Crippen molar-refractivity contribution in [2.75, 3.05) is 5.32 Å². The molecule has 25 heavy (non-hydrogen) atoms. The van der Waals surface area contributed by atoms with Gasteiger partial charge < -0.3 is 10.1 Å². The van der Waals surface area contributed by atoms with E-state index in [4.69, 9.17) is 4.74 Å². The topological polar surface area (TPSA) is 59.9 Å². The monoisotopic (exact) mass is 348 g/mol. The lowest BCUT2D eigenvalue weighted by Gasteiger charge is -2.06. The summed E-state index contributed by atoms with van der Waals surface area (Å²) in [4.78, 5) is 4.39. The van der Waals surface area contributed by atoms with E-state index in [0.717, 1.165) is 33.3 Å². The maximum Gasteiger partial charge on any atom is 0.206 e. The van der Waals surface area contributed by atoms with Gasteiger partial charge in [0.2, 0.25) is 5.13 Å². The van der Waals surface area contributed by atoms with Crippen LogP contribution < -0.4 is 10.1 Å². The average molecular weight is 348 g/mol. The Bertz CT molecular complexity index is 966. The average Bonchev–Trinajstić information content (AvgIpc) is 3.13. The van der Waals surface area contributed by atoms with E-state index in [9.17, 15) is 0 Å². The number of benzene rings is 2. The molecule has 5 nitrogen and oxygen atoms in total. The molecule has 0 aliphatic carbocycles. The number of fused-ring (bicyclic) bond motifs is 1. The first-order valence-electron chi connectivity index (χ1n) is 7.95. The van der Waals surface area contributed by atoms with E-state index in [1.54, 1.807) is 6.20 Å². The Balaban J connectivity index is 1.39. The summed E-state index contributed by atoms with van der Waals surface area (Å²) in [6.07, 6.45) is 1.77. The van der Waals surface area contributed by atoms with E-state index in [2.05, 4.69) is 32.6 Å². The molecule has 0 amide bonds. The third-order valence-corrected chi connectivity index (χ3v) is 4.55. The van der Waals surface area contributed by atoms with Gasteiger partial charge in [-0.1, -0.05) is 59.9 Å². The van der Waals surface area contributed by atoms with Gasteiger partial charge in [0, 0.05) is 18.1 Å². The first kappa shape index (κ1) is 15.5. The minimum Gasteiger partial charge on any atom is -0.484 e. The summed E-state index contributed by atoms with van der Waals surface area (Å²) < 4.78 is 5.90. The van der Waals surface area contributed by atoms with Crippen LogP contribution in [0.2, 0.25) is 0 Å². The second-order valence-electron chi connectivity index (χ2n) is 5.46. The molecule has 0 saturated carbocycles. The highest BCUT2D eigenvalue weighted by atomic mass is 32.1. The van der Waals surface area contributed by atoms with Crippen LogP contribution in [0.4, 0.5) is 5.13 Å². The number of hydrogen-bond acceptors (Lipinski definition) is 6. The molecule has 0 bridgehead atoms. The first-order valence-corrected chi connectivity index (χ1v) is 8.77. The Morgan fingerprint density at radius 3 is 2.72 bits per heavy atom. The molecule has 124 valence electrons. The number of rotatable bonds is 6. The number of ether oxygens (including phenoxy) is 1. The first-order chi connectivity index (χ1) is 12.4. The molecule has 0 aliphatic heterocycles. The number of nitrogens with zero attached hydrogens (tertiary/aromatic N) is 3. The summed E-state index contributed by atoms with van der Waals surface area (Å²) >= 11 is 1.50. The molecule has 0 unspecified atom stereocenters. The lowest BCUT2D eigenvalue weighted by molar-refractivity contribution is 0.307. The van der Waals surface area contributed by atoms with Gasteiger partial charge in [0.15, 0.2) is 5.01 Å². The Labute approximate surface area is 149 Å². The fourth-order valence-corrected chi connectivity index (χ4v) is 3.14. The van der Waals surface area contributed by atoms with Crippen molar-refractivity contribution in [2.24, 2.45) is 0 Å². The van der Waals surface area contributed by atoms with Gasteiger partial charge in [-0.05, 0) is 17.7 Å². The summed E-state index contributed by atoms with van der Waals surface area (Å²) in [5, 5.41) is 14.3. The van der Waals surface area contributed by atoms with Crippen molar-refractivity contribution >= 4 is 27.4 Å². The maximum absolute atomic E-state index is 5.90. The van der Waals surface area contributed by atoms with Crippen molar-refractivity contribution in [1.82, 2.24) is 15.2 Å². The van der Waals surface area contributed by atoms with Gasteiger partial charge in [-0.25, -0.2) is 0 Å². The van der Waals surface area contributed by atoms with Gasteiger partial charge in [0.05, 0.1) is 0 Å². The SMILES string of the molecule is c1ccc(CNc2nnc(COc3cccc4cccnc34)s2)cc1. The van der Waals surface area contributed by atoms with Crippen molar-refractivity contribution in [1.29, 1.82) is 0 Å². The highest BCUT2D eigenvalue weighted by Gasteiger charge is 2.07. The van der Waals surface area contributed by atoms with Gasteiger partial charge in [0.25, 0.3) is 0 Å². The lowest BCUT2D eigenvalue weighted by atomic mass is 10.2. The van der Waals surface area contributed by atoms with Gasteiger partial charge in [-0.2, -0.15) is 0 Å². The van der Waals surface area contributed by atoms with E-state index >= 15 is 0 Å². The van der Waals surface area contributed by atoms with Crippen molar-refractivity contribution in [3.05, 3.63) is 77.4 Å². The zero-order valence-electron chi connectivity index (χ0n) is 13.4. The van der Waals surface area contributed by atoms with Gasteiger partial charge in [0.1, 0.15) is 17.9 Å². The third kappa shape index (κ3) is 3.75. The van der Waals surface area contributed by atoms with Crippen LogP contribution in [0.5, 0.6) is 5.75 Å². The number of aromatic nitrogens is 3. The summed E-state index contributed by atoms with van der Waals surface area (Å²) in [6, 6.07) is 20.0. The highest BCUT2D eigenvalue weighted by Crippen LogP contribution is 2.25. The molecule has 0 atom stereocenters. The van der Waals surface area contributed by atoms with Gasteiger partial charge in [-0.3, -0.25) is 4.98 Å². The fourth-order valence-electron chi connectivity index (χ4n) is 2.49. The molecular weight excluding hydrogens is 332 g/mol. The van der Waals surface area contributed by atoms with Crippen LogP contribution in [0.3, 0.4) is 0 Å². The second-order valence-corrected chi connectivity index (χ2v) is 6.52. The van der Waals surface area contributed by atoms with Crippen LogP contribution in [-0.4, -0.2) is 15.2 Å². The predicted octanol–water partition coefficient (Wildman–Crippen LogP) is 4.28. The summed E-state index contributed by atoms with van der Waals surface area (Å²) in [5.74, 6) is 0.757. The van der Waals surface area contributed by atoms with Crippen molar-refractivity contribution in [3.63, 3.8) is 0 Å². The fraction of sp³-hybridized carbons (Fsp3) is 0.105. The van der Waals surface area contributed by atoms with Crippen LogP contribution in [0.25, 0.3) is 10.9 Å². The van der Waals surface area contributed by atoms with Crippen LogP contribution in [0.1, 0.15) is 10.6 Å². The minimum atomic E-state index is 0.375. The Hall–Kier alpha value is -2.99. The molecule has 0 fully saturated rings. The third-order valence-electron chi connectivity index (χ3n) is 3.70. The lowest BCUT2D eigenvalue weighted by Crippen LogP contribution is -1.98. The van der Waals surface area contributed by atoms with Crippen LogP contribution in [-0.2, 0) is 13.2 Å². The molecule has 0 spiro atoms. The zero-order valence-corrected chi connectivity index (χ0v) is 14.2. The molecule has 4 rings (SSSR count). The standard InChI is InChI=1S/C19H16N4OS/c1-2-6-14(7-3-1)12-21-19-23-22-17(25-19)13-24-16-10-4-8-15-9-5-11-20-18(15)16/h1-11H,12-13H2,(H,21,23). The van der Waals surface area contributed by atoms with Crippen molar-refractivity contribution < 1.29 is 4.74 Å². The Morgan fingerprint density at radius 2 is 1.80 bits per heavy atom. The van der Waals surface area contributed by atoms with Crippen LogP contribution in [0, 0.1) is 0 Å². The van der Waals surface area contributed by atoms with Gasteiger partial charge in [-0.15, -0.1) is 10.2 Å². The van der Waals surface area contributed by atoms with Crippen molar-refractivity contribution in [2.45, 2.75) is 13.2 Å². The van der Waals surface area contributed by atoms with Crippen LogP contribution in [0.15, 0.2) is 66.9 Å². The maximum atomic E-state index is 5.90. The molecule has 2 aromatic carbocycles. The molecule has 1 N–H and O–H groups in total. The quantitative estimate of drug-likeness (QED) is 0.564. The molecule has 0 aliphatic rings. The van der Waals surface area contributed by atoms with Crippen LogP contribution >= 0.6 is 11.3 Å². The number of pyridine rings is 1. The van der Waals surface area contributed by atoms with E-state index in [1.807, 2.05) is 48.5 Å². The molecule has 4 aromatic rings. The van der Waals surface area contributed by atoms with E-state index < -0.39 is 0 Å². The zero-order chi connectivity index (χ0) is 16.9. The van der Waals surface area contributed by atoms with E-state index in [0.29, 0.717) is 6.61 Å². The number of hydrogen-bond donors (Lipinski definition) is 1. The molecule has 2 aromatic heterocycles. The summed E-state index contributed by atoms with van der Waals surface area (Å²) in [7, 11) is 0. The highest BCUT2D eigenvalue weighted by molar-refractivity contribution is 7.15. The molecule has 0 radical (unpaired) electrons. The Morgan fingerprint density at radius 1 is 0.920 bits per heavy atom. The van der Waals surface area contributed by atoms with E-state index in [-0.39, 0.29) is 0 Å². The Kier molecular flexibility index (Phi) is 4.52. The number of para-hydroxylation sites is 1. The minimum absolute atomic E-state index is 0.375.